The van der Waals surface area contributed by atoms with Crippen molar-refractivity contribution in [2.75, 3.05) is 28.1 Å². The minimum Gasteiger partial charge on any atom is -0.493 e. The predicted molar refractivity (Wildman–Crippen MR) is 130 cm³/mol. The van der Waals surface area contributed by atoms with Crippen LogP contribution in [0.1, 0.15) is 15.9 Å². The number of carbonyl (C=O) groups excluding carboxylic acids is 1. The standard InChI is InChI=1S/C27H22O9/c1-14-18-12-17(35-26(28)16-10-22(30-2)25(32-4)23(11-16)31-3)6-8-19(18)36-27(29)24(14)15-5-7-20-21(9-15)34-13-33-20/h5-12H,13H2,1-4H3. The number of aryl methyl sites for hydroxylation is 1. The van der Waals surface area contributed by atoms with Crippen LogP contribution in [0.2, 0.25) is 0 Å². The fourth-order valence-electron chi connectivity index (χ4n) is 4.14. The number of ether oxygens (including phenoxy) is 6. The highest BCUT2D eigenvalue weighted by Crippen LogP contribution is 2.39. The lowest BCUT2D eigenvalue weighted by atomic mass is 9.99. The molecule has 0 atom stereocenters. The van der Waals surface area contributed by atoms with Crippen LogP contribution in [0.15, 0.2) is 57.7 Å². The summed E-state index contributed by atoms with van der Waals surface area (Å²) in [5.41, 5.74) is 1.78. The summed E-state index contributed by atoms with van der Waals surface area (Å²) in [6, 6.07) is 13.1. The number of hydrogen-bond acceptors (Lipinski definition) is 9. The number of carbonyl (C=O) groups is 1. The molecule has 0 fully saturated rings. The van der Waals surface area contributed by atoms with Crippen molar-refractivity contribution in [1.82, 2.24) is 0 Å². The van der Waals surface area contributed by atoms with Crippen molar-refractivity contribution in [2.24, 2.45) is 0 Å². The molecule has 1 aliphatic heterocycles. The summed E-state index contributed by atoms with van der Waals surface area (Å²) in [5.74, 6) is 1.84. The first-order valence-electron chi connectivity index (χ1n) is 10.9. The monoisotopic (exact) mass is 490 g/mol. The van der Waals surface area contributed by atoms with E-state index in [-0.39, 0.29) is 18.1 Å². The molecule has 1 aromatic heterocycles. The maximum Gasteiger partial charge on any atom is 0.344 e. The Morgan fingerprint density at radius 1 is 0.861 bits per heavy atom. The zero-order chi connectivity index (χ0) is 25.4. The van der Waals surface area contributed by atoms with Gasteiger partial charge in [0.05, 0.1) is 32.5 Å². The zero-order valence-electron chi connectivity index (χ0n) is 20.0. The van der Waals surface area contributed by atoms with Crippen LogP contribution in [0.3, 0.4) is 0 Å². The van der Waals surface area contributed by atoms with Gasteiger partial charge < -0.3 is 32.8 Å². The third-order valence-electron chi connectivity index (χ3n) is 5.91. The molecule has 4 aromatic rings. The van der Waals surface area contributed by atoms with Crippen molar-refractivity contribution in [3.8, 4) is 45.6 Å². The van der Waals surface area contributed by atoms with Gasteiger partial charge in [-0.05, 0) is 60.5 Å². The quantitative estimate of drug-likeness (QED) is 0.215. The minimum absolute atomic E-state index is 0.130. The van der Waals surface area contributed by atoms with Gasteiger partial charge in [-0.1, -0.05) is 6.07 Å². The maximum absolute atomic E-state index is 12.9. The van der Waals surface area contributed by atoms with Crippen LogP contribution >= 0.6 is 0 Å². The summed E-state index contributed by atoms with van der Waals surface area (Å²) >= 11 is 0. The van der Waals surface area contributed by atoms with Crippen LogP contribution in [0.4, 0.5) is 0 Å². The second-order valence-corrected chi connectivity index (χ2v) is 7.92. The molecule has 0 amide bonds. The first kappa shape index (κ1) is 23.1. The largest absolute Gasteiger partial charge is 0.493 e. The highest BCUT2D eigenvalue weighted by molar-refractivity contribution is 5.94. The molecule has 0 bridgehead atoms. The molecule has 0 radical (unpaired) electrons. The summed E-state index contributed by atoms with van der Waals surface area (Å²) in [7, 11) is 4.40. The van der Waals surface area contributed by atoms with E-state index in [1.54, 1.807) is 36.4 Å². The summed E-state index contributed by atoms with van der Waals surface area (Å²) in [4.78, 5) is 25.8. The van der Waals surface area contributed by atoms with Crippen LogP contribution in [0, 0.1) is 6.92 Å². The van der Waals surface area contributed by atoms with Crippen molar-refractivity contribution in [3.05, 3.63) is 70.1 Å². The SMILES string of the molecule is COc1cc(C(=O)Oc2ccc3oc(=O)c(-c4ccc5c(c4)OCO5)c(C)c3c2)cc(OC)c1OC. The smallest absolute Gasteiger partial charge is 0.344 e. The van der Waals surface area contributed by atoms with Crippen molar-refractivity contribution in [1.29, 1.82) is 0 Å². The molecule has 9 heteroatoms. The molecule has 2 heterocycles. The average Bonchev–Trinajstić information content (AvgIpc) is 3.36. The van der Waals surface area contributed by atoms with Crippen LogP contribution < -0.4 is 34.0 Å². The molecule has 1 aliphatic rings. The molecule has 0 saturated heterocycles. The van der Waals surface area contributed by atoms with Crippen molar-refractivity contribution in [3.63, 3.8) is 0 Å². The first-order chi connectivity index (χ1) is 17.4. The third-order valence-corrected chi connectivity index (χ3v) is 5.91. The van der Waals surface area contributed by atoms with E-state index in [1.807, 2.05) is 6.92 Å². The normalized spacial score (nSPS) is 11.9. The van der Waals surface area contributed by atoms with E-state index in [0.717, 1.165) is 0 Å². The van der Waals surface area contributed by atoms with Gasteiger partial charge in [0, 0.05) is 5.39 Å². The summed E-state index contributed by atoms with van der Waals surface area (Å²) in [6.45, 7) is 1.94. The van der Waals surface area contributed by atoms with Gasteiger partial charge in [-0.15, -0.1) is 0 Å². The molecule has 9 nitrogen and oxygen atoms in total. The van der Waals surface area contributed by atoms with Crippen LogP contribution in [0.25, 0.3) is 22.1 Å². The molecule has 0 aliphatic carbocycles. The first-order valence-corrected chi connectivity index (χ1v) is 10.9. The Kier molecular flexibility index (Phi) is 5.89. The van der Waals surface area contributed by atoms with E-state index in [4.69, 9.17) is 32.8 Å². The second-order valence-electron chi connectivity index (χ2n) is 7.92. The number of methoxy groups -OCH3 is 3. The molecular formula is C27H22O9. The average molecular weight is 490 g/mol. The van der Waals surface area contributed by atoms with Gasteiger partial charge in [-0.2, -0.15) is 0 Å². The van der Waals surface area contributed by atoms with Gasteiger partial charge in [-0.25, -0.2) is 9.59 Å². The van der Waals surface area contributed by atoms with Gasteiger partial charge in [0.15, 0.2) is 23.0 Å². The Morgan fingerprint density at radius 2 is 1.58 bits per heavy atom. The molecule has 36 heavy (non-hydrogen) atoms. The summed E-state index contributed by atoms with van der Waals surface area (Å²) < 4.78 is 37.9. The number of hydrogen-bond donors (Lipinski definition) is 0. The Hall–Kier alpha value is -4.66. The zero-order valence-corrected chi connectivity index (χ0v) is 20.0. The molecule has 0 N–H and O–H groups in total. The molecule has 5 rings (SSSR count). The van der Waals surface area contributed by atoms with Crippen molar-refractivity contribution in [2.45, 2.75) is 6.92 Å². The van der Waals surface area contributed by atoms with Gasteiger partial charge >= 0.3 is 11.6 Å². The highest BCUT2D eigenvalue weighted by Gasteiger charge is 2.21. The van der Waals surface area contributed by atoms with E-state index in [0.29, 0.717) is 56.4 Å². The molecule has 0 spiro atoms. The lowest BCUT2D eigenvalue weighted by Crippen LogP contribution is -2.10. The van der Waals surface area contributed by atoms with Gasteiger partial charge in [0.1, 0.15) is 11.3 Å². The van der Waals surface area contributed by atoms with Crippen LogP contribution in [-0.2, 0) is 0 Å². The summed E-state index contributed by atoms with van der Waals surface area (Å²) in [5, 5.41) is 0.623. The maximum atomic E-state index is 12.9. The Labute approximate surface area is 205 Å². The number of rotatable bonds is 6. The van der Waals surface area contributed by atoms with Crippen molar-refractivity contribution < 1.29 is 37.6 Å². The van der Waals surface area contributed by atoms with Crippen LogP contribution in [0.5, 0.6) is 34.5 Å². The second kappa shape index (κ2) is 9.18. The van der Waals surface area contributed by atoms with E-state index in [1.165, 1.54) is 33.5 Å². The summed E-state index contributed by atoms with van der Waals surface area (Å²) in [6.07, 6.45) is 0. The number of fused-ring (bicyclic) bond motifs is 2. The number of benzene rings is 3. The highest BCUT2D eigenvalue weighted by atomic mass is 16.7. The van der Waals surface area contributed by atoms with E-state index in [9.17, 15) is 9.59 Å². The van der Waals surface area contributed by atoms with Crippen LogP contribution in [-0.4, -0.2) is 34.1 Å². The molecule has 0 unspecified atom stereocenters. The topological polar surface area (TPSA) is 103 Å². The Morgan fingerprint density at radius 3 is 2.28 bits per heavy atom. The van der Waals surface area contributed by atoms with E-state index in [2.05, 4.69) is 0 Å². The van der Waals surface area contributed by atoms with Crippen molar-refractivity contribution >= 4 is 16.9 Å². The Balaban J connectivity index is 1.52. The molecular weight excluding hydrogens is 468 g/mol. The van der Waals surface area contributed by atoms with Gasteiger partial charge in [0.25, 0.3) is 0 Å². The lowest BCUT2D eigenvalue weighted by Gasteiger charge is -2.14. The third kappa shape index (κ3) is 3.94. The van der Waals surface area contributed by atoms with Gasteiger partial charge in [-0.3, -0.25) is 0 Å². The predicted octanol–water partition coefficient (Wildman–Crippen LogP) is 4.74. The lowest BCUT2D eigenvalue weighted by molar-refractivity contribution is 0.0734. The molecule has 0 saturated carbocycles. The minimum atomic E-state index is -0.625. The fourth-order valence-corrected chi connectivity index (χ4v) is 4.14. The Bertz CT molecular complexity index is 1530. The fraction of sp³-hybridized carbons (Fsp3) is 0.185. The molecule has 3 aromatic carbocycles. The van der Waals surface area contributed by atoms with Gasteiger partial charge in [0.2, 0.25) is 12.5 Å². The van der Waals surface area contributed by atoms with E-state index < -0.39 is 11.6 Å². The molecule has 184 valence electrons. The van der Waals surface area contributed by atoms with E-state index >= 15 is 0 Å². The number of esters is 1.